The highest BCUT2D eigenvalue weighted by molar-refractivity contribution is 5.12. The maximum atomic E-state index is 8.08. The van der Waals surface area contributed by atoms with Gasteiger partial charge in [0.1, 0.15) is 0 Å². The first kappa shape index (κ1) is 9.28. The average Bonchev–Trinajstić information content (AvgIpc) is 1.99. The Hall–Kier alpha value is -1.72. The third-order valence-corrected chi connectivity index (χ3v) is 0.905. The summed E-state index contributed by atoms with van der Waals surface area (Å²) >= 11 is 0. The number of nitriles is 1. The van der Waals surface area contributed by atoms with Crippen LogP contribution < -0.4 is 0 Å². The second-order valence-corrected chi connectivity index (χ2v) is 1.82. The Morgan fingerprint density at radius 1 is 1.64 bits per heavy atom. The first-order chi connectivity index (χ1) is 5.31. The molecule has 0 aliphatic heterocycles. The van der Waals surface area contributed by atoms with Crippen molar-refractivity contribution in [2.45, 2.75) is 13.0 Å². The zero-order chi connectivity index (χ0) is 8.53. The molecule has 0 rings (SSSR count). The van der Waals surface area contributed by atoms with Gasteiger partial charge in [0, 0.05) is 11.0 Å². The molecule has 0 unspecified atom stereocenters. The molecule has 0 amide bonds. The lowest BCUT2D eigenvalue weighted by molar-refractivity contribution is 0.911. The highest BCUT2D eigenvalue weighted by Gasteiger charge is 1.85. The van der Waals surface area contributed by atoms with E-state index in [2.05, 4.69) is 10.0 Å². The molecule has 0 aliphatic carbocycles. The molecule has 0 aromatic heterocycles. The van der Waals surface area contributed by atoms with Crippen LogP contribution in [0.4, 0.5) is 0 Å². The van der Waals surface area contributed by atoms with Crippen LogP contribution >= 0.6 is 0 Å². The van der Waals surface area contributed by atoms with Crippen LogP contribution in [0.25, 0.3) is 10.4 Å². The van der Waals surface area contributed by atoms with E-state index in [1.54, 1.807) is 25.2 Å². The van der Waals surface area contributed by atoms with E-state index >= 15 is 0 Å². The van der Waals surface area contributed by atoms with Gasteiger partial charge in [-0.3, -0.25) is 0 Å². The van der Waals surface area contributed by atoms with E-state index < -0.39 is 0 Å². The van der Waals surface area contributed by atoms with E-state index in [0.29, 0.717) is 0 Å². The molecule has 0 aromatic rings. The minimum atomic E-state index is -0.164. The van der Waals surface area contributed by atoms with E-state index in [9.17, 15) is 0 Å². The van der Waals surface area contributed by atoms with Crippen LogP contribution in [0.2, 0.25) is 0 Å². The van der Waals surface area contributed by atoms with Crippen molar-refractivity contribution in [3.8, 4) is 6.07 Å². The van der Waals surface area contributed by atoms with Gasteiger partial charge in [-0.05, 0) is 5.53 Å². The number of hydrogen-bond donors (Lipinski definition) is 0. The molecule has 0 heterocycles. The molecule has 56 valence electrons. The summed E-state index contributed by atoms with van der Waals surface area (Å²) in [5.41, 5.74) is 7.99. The van der Waals surface area contributed by atoms with Gasteiger partial charge in [-0.2, -0.15) is 5.26 Å². The Morgan fingerprint density at radius 3 is 2.91 bits per heavy atom. The minimum absolute atomic E-state index is 0.164. The van der Waals surface area contributed by atoms with E-state index in [1.807, 2.05) is 6.07 Å². The van der Waals surface area contributed by atoms with E-state index in [1.165, 1.54) is 6.08 Å². The van der Waals surface area contributed by atoms with E-state index in [0.717, 1.165) is 0 Å². The average molecular weight is 148 g/mol. The zero-order valence-corrected chi connectivity index (χ0v) is 6.18. The van der Waals surface area contributed by atoms with Gasteiger partial charge in [0.05, 0.1) is 12.1 Å². The molecule has 0 bridgehead atoms. The van der Waals surface area contributed by atoms with Crippen molar-refractivity contribution >= 4 is 0 Å². The Bertz CT molecular complexity index is 240. The number of hydrogen-bond acceptors (Lipinski definition) is 2. The zero-order valence-electron chi connectivity index (χ0n) is 6.18. The summed E-state index contributed by atoms with van der Waals surface area (Å²) in [6, 6.07) is 1.67. The lowest BCUT2D eigenvalue weighted by Gasteiger charge is -1.89. The number of azide groups is 1. The van der Waals surface area contributed by atoms with Gasteiger partial charge < -0.3 is 0 Å². The summed E-state index contributed by atoms with van der Waals surface area (Å²) in [4.78, 5) is 2.62. The summed E-state index contributed by atoms with van der Waals surface area (Å²) in [5.74, 6) is 0. The van der Waals surface area contributed by atoms with Gasteiger partial charge in [0.15, 0.2) is 0 Å². The number of allylic oxidation sites excluding steroid dienone is 3. The summed E-state index contributed by atoms with van der Waals surface area (Å²) in [5, 5.41) is 11.5. The van der Waals surface area contributed by atoms with Crippen molar-refractivity contribution in [1.29, 1.82) is 5.26 Å². The molecule has 4 nitrogen and oxygen atoms in total. The summed E-state index contributed by atoms with van der Waals surface area (Å²) < 4.78 is 0. The normalized spacial score (nSPS) is 12.7. The van der Waals surface area contributed by atoms with Crippen LogP contribution in [0.1, 0.15) is 6.92 Å². The molecule has 4 heteroatoms. The Morgan fingerprint density at radius 2 is 2.36 bits per heavy atom. The summed E-state index contributed by atoms with van der Waals surface area (Å²) in [7, 11) is 0. The first-order valence-corrected chi connectivity index (χ1v) is 3.08. The molecule has 0 aromatic carbocycles. The largest absolute Gasteiger partial charge is 0.193 e. The molecule has 0 aliphatic rings. The second kappa shape index (κ2) is 6.40. The predicted molar refractivity (Wildman–Crippen MR) is 42.5 cm³/mol. The highest BCUT2D eigenvalue weighted by Crippen LogP contribution is 1.91. The van der Waals surface area contributed by atoms with Gasteiger partial charge in [0.25, 0.3) is 0 Å². The minimum Gasteiger partial charge on any atom is -0.193 e. The van der Waals surface area contributed by atoms with Crippen LogP contribution in [0, 0.1) is 11.3 Å². The maximum absolute atomic E-state index is 8.08. The number of rotatable bonds is 3. The number of nitrogens with zero attached hydrogens (tertiary/aromatic N) is 4. The van der Waals surface area contributed by atoms with Gasteiger partial charge in [0.2, 0.25) is 0 Å². The third-order valence-electron chi connectivity index (χ3n) is 0.905. The van der Waals surface area contributed by atoms with Crippen LogP contribution in [-0.2, 0) is 0 Å². The van der Waals surface area contributed by atoms with Crippen molar-refractivity contribution < 1.29 is 0 Å². The molecule has 0 radical (unpaired) electrons. The first-order valence-electron chi connectivity index (χ1n) is 3.08. The SMILES string of the molecule is C[C@@H](/C=C\C=C\C#N)N=[N+]=[N-]. The van der Waals surface area contributed by atoms with Crippen LogP contribution in [0.15, 0.2) is 29.4 Å². The predicted octanol–water partition coefficient (Wildman–Crippen LogP) is 2.32. The lowest BCUT2D eigenvalue weighted by atomic mass is 10.3. The monoisotopic (exact) mass is 148 g/mol. The van der Waals surface area contributed by atoms with Gasteiger partial charge in [-0.25, -0.2) is 0 Å². The standard InChI is InChI=1S/C7H8N4/c1-7(10-11-9)5-3-2-4-6-8/h2-5,7H,1H3/b4-2+,5-3-/t7-/m0/s1. The smallest absolute Gasteiger partial charge is 0.0912 e. The van der Waals surface area contributed by atoms with Crippen molar-refractivity contribution in [3.05, 3.63) is 34.7 Å². The quantitative estimate of drug-likeness (QED) is 0.199. The van der Waals surface area contributed by atoms with Crippen molar-refractivity contribution in [1.82, 2.24) is 0 Å². The summed E-state index contributed by atoms with van der Waals surface area (Å²) in [6.45, 7) is 1.76. The molecular formula is C7H8N4. The van der Waals surface area contributed by atoms with Gasteiger partial charge in [-0.15, -0.1) is 0 Å². The van der Waals surface area contributed by atoms with E-state index in [-0.39, 0.29) is 6.04 Å². The second-order valence-electron chi connectivity index (χ2n) is 1.82. The Balaban J connectivity index is 3.85. The van der Waals surface area contributed by atoms with Gasteiger partial charge >= 0.3 is 0 Å². The fraction of sp³-hybridized carbons (Fsp3) is 0.286. The fourth-order valence-corrected chi connectivity index (χ4v) is 0.443. The lowest BCUT2D eigenvalue weighted by Crippen LogP contribution is -1.86. The molecule has 0 saturated carbocycles. The van der Waals surface area contributed by atoms with Gasteiger partial charge in [-0.1, -0.05) is 30.3 Å². The van der Waals surface area contributed by atoms with Crippen LogP contribution in [0.3, 0.4) is 0 Å². The molecule has 0 N–H and O–H groups in total. The molecular weight excluding hydrogens is 140 g/mol. The maximum Gasteiger partial charge on any atom is 0.0912 e. The molecule has 0 fully saturated rings. The Labute approximate surface area is 65.1 Å². The summed E-state index contributed by atoms with van der Waals surface area (Å²) in [6.07, 6.45) is 6.30. The van der Waals surface area contributed by atoms with Crippen molar-refractivity contribution in [2.24, 2.45) is 5.11 Å². The van der Waals surface area contributed by atoms with Crippen molar-refractivity contribution in [3.63, 3.8) is 0 Å². The van der Waals surface area contributed by atoms with Crippen LogP contribution in [0.5, 0.6) is 0 Å². The molecule has 0 spiro atoms. The van der Waals surface area contributed by atoms with E-state index in [4.69, 9.17) is 10.8 Å². The fourth-order valence-electron chi connectivity index (χ4n) is 0.443. The third kappa shape index (κ3) is 6.16. The topological polar surface area (TPSA) is 72.5 Å². The highest BCUT2D eigenvalue weighted by atomic mass is 15.1. The molecule has 1 atom stereocenters. The molecule has 0 saturated heterocycles. The Kier molecular flexibility index (Phi) is 5.40. The van der Waals surface area contributed by atoms with Crippen molar-refractivity contribution in [2.75, 3.05) is 0 Å². The van der Waals surface area contributed by atoms with Crippen LogP contribution in [-0.4, -0.2) is 6.04 Å². The molecule has 11 heavy (non-hydrogen) atoms.